The van der Waals surface area contributed by atoms with E-state index in [0.29, 0.717) is 12.2 Å². The van der Waals surface area contributed by atoms with E-state index in [4.69, 9.17) is 4.74 Å². The summed E-state index contributed by atoms with van der Waals surface area (Å²) >= 11 is 0. The Morgan fingerprint density at radius 1 is 1.19 bits per heavy atom. The number of benzene rings is 2. The molecule has 1 atom stereocenters. The first-order valence-electron chi connectivity index (χ1n) is 9.15. The van der Waals surface area contributed by atoms with Crippen molar-refractivity contribution >= 4 is 5.91 Å². The Balaban J connectivity index is 1.82. The SMILES string of the molecule is CCOc1ccc(C)cc1C(C)NC(=O)c1cnn(-c2ccccc2)c1C. The van der Waals surface area contributed by atoms with Gasteiger partial charge in [0.05, 0.1) is 35.8 Å². The number of carbonyl (C=O) groups excluding carboxylic acids is 1. The zero-order valence-corrected chi connectivity index (χ0v) is 16.2. The second kappa shape index (κ2) is 8.08. The third-order valence-electron chi connectivity index (χ3n) is 4.53. The van der Waals surface area contributed by atoms with Crippen LogP contribution in [-0.2, 0) is 0 Å². The van der Waals surface area contributed by atoms with Crippen LogP contribution in [0.4, 0.5) is 0 Å². The predicted octanol–water partition coefficient (Wildman–Crippen LogP) is 4.38. The van der Waals surface area contributed by atoms with E-state index in [0.717, 1.165) is 28.3 Å². The maximum atomic E-state index is 12.8. The first-order chi connectivity index (χ1) is 13.0. The summed E-state index contributed by atoms with van der Waals surface area (Å²) in [4.78, 5) is 12.8. The molecule has 2 aromatic carbocycles. The fourth-order valence-corrected chi connectivity index (χ4v) is 3.11. The van der Waals surface area contributed by atoms with Crippen LogP contribution in [-0.4, -0.2) is 22.3 Å². The fraction of sp³-hybridized carbons (Fsp3) is 0.273. The molecule has 0 saturated heterocycles. The molecule has 1 unspecified atom stereocenters. The molecule has 5 nitrogen and oxygen atoms in total. The van der Waals surface area contributed by atoms with Crippen LogP contribution in [0.2, 0.25) is 0 Å². The summed E-state index contributed by atoms with van der Waals surface area (Å²) in [6, 6.07) is 15.6. The molecule has 0 aliphatic rings. The summed E-state index contributed by atoms with van der Waals surface area (Å²) in [5, 5.41) is 7.45. The normalized spacial score (nSPS) is 11.9. The molecule has 0 aliphatic carbocycles. The highest BCUT2D eigenvalue weighted by atomic mass is 16.5. The van der Waals surface area contributed by atoms with Crippen molar-refractivity contribution in [2.24, 2.45) is 0 Å². The Morgan fingerprint density at radius 3 is 2.63 bits per heavy atom. The minimum Gasteiger partial charge on any atom is -0.494 e. The lowest BCUT2D eigenvalue weighted by Gasteiger charge is -2.18. The van der Waals surface area contributed by atoms with Gasteiger partial charge in [-0.15, -0.1) is 0 Å². The van der Waals surface area contributed by atoms with E-state index < -0.39 is 0 Å². The van der Waals surface area contributed by atoms with Gasteiger partial charge in [-0.1, -0.05) is 35.9 Å². The molecule has 1 aromatic heterocycles. The largest absolute Gasteiger partial charge is 0.494 e. The van der Waals surface area contributed by atoms with Crippen LogP contribution >= 0.6 is 0 Å². The van der Waals surface area contributed by atoms with Crippen LogP contribution in [0.25, 0.3) is 5.69 Å². The van der Waals surface area contributed by atoms with E-state index in [2.05, 4.69) is 16.5 Å². The van der Waals surface area contributed by atoms with Crippen LogP contribution in [0.5, 0.6) is 5.75 Å². The van der Waals surface area contributed by atoms with Crippen LogP contribution in [0.15, 0.2) is 54.7 Å². The Bertz CT molecular complexity index is 932. The molecule has 0 radical (unpaired) electrons. The van der Waals surface area contributed by atoms with E-state index in [1.807, 2.05) is 70.2 Å². The Kier molecular flexibility index (Phi) is 5.60. The zero-order chi connectivity index (χ0) is 19.4. The molecule has 3 aromatic rings. The van der Waals surface area contributed by atoms with Gasteiger partial charge in [-0.2, -0.15) is 5.10 Å². The Hall–Kier alpha value is -3.08. The van der Waals surface area contributed by atoms with E-state index >= 15 is 0 Å². The number of hydrogen-bond acceptors (Lipinski definition) is 3. The molecule has 0 bridgehead atoms. The molecule has 1 amide bonds. The molecular formula is C22H25N3O2. The second-order valence-electron chi connectivity index (χ2n) is 6.56. The van der Waals surface area contributed by atoms with E-state index in [-0.39, 0.29) is 11.9 Å². The smallest absolute Gasteiger partial charge is 0.255 e. The number of aromatic nitrogens is 2. The number of amides is 1. The number of hydrogen-bond donors (Lipinski definition) is 1. The average molecular weight is 363 g/mol. The second-order valence-corrected chi connectivity index (χ2v) is 6.56. The zero-order valence-electron chi connectivity index (χ0n) is 16.2. The lowest BCUT2D eigenvalue weighted by Crippen LogP contribution is -2.27. The van der Waals surface area contributed by atoms with Crippen molar-refractivity contribution in [1.82, 2.24) is 15.1 Å². The highest BCUT2D eigenvalue weighted by molar-refractivity contribution is 5.95. The molecular weight excluding hydrogens is 338 g/mol. The van der Waals surface area contributed by atoms with Gasteiger partial charge >= 0.3 is 0 Å². The topological polar surface area (TPSA) is 56.1 Å². The van der Waals surface area contributed by atoms with Gasteiger partial charge < -0.3 is 10.1 Å². The third kappa shape index (κ3) is 4.03. The maximum absolute atomic E-state index is 12.8. The van der Waals surface area contributed by atoms with Crippen LogP contribution in [0.1, 0.15) is 47.1 Å². The molecule has 27 heavy (non-hydrogen) atoms. The highest BCUT2D eigenvalue weighted by Crippen LogP contribution is 2.27. The minimum atomic E-state index is -0.182. The number of nitrogens with zero attached hydrogens (tertiary/aromatic N) is 2. The van der Waals surface area contributed by atoms with Gasteiger partial charge in [0.15, 0.2) is 0 Å². The molecule has 140 valence electrons. The summed E-state index contributed by atoms with van der Waals surface area (Å²) in [7, 11) is 0. The van der Waals surface area contributed by atoms with Gasteiger partial charge in [-0.25, -0.2) is 4.68 Å². The maximum Gasteiger partial charge on any atom is 0.255 e. The lowest BCUT2D eigenvalue weighted by atomic mass is 10.0. The van der Waals surface area contributed by atoms with Crippen molar-refractivity contribution in [2.45, 2.75) is 33.7 Å². The van der Waals surface area contributed by atoms with Crippen molar-refractivity contribution in [3.05, 3.63) is 77.1 Å². The van der Waals surface area contributed by atoms with Crippen molar-refractivity contribution in [1.29, 1.82) is 0 Å². The average Bonchev–Trinajstić information content (AvgIpc) is 3.05. The van der Waals surface area contributed by atoms with Gasteiger partial charge in [0.1, 0.15) is 5.75 Å². The van der Waals surface area contributed by atoms with Gasteiger partial charge in [0.2, 0.25) is 0 Å². The summed E-state index contributed by atoms with van der Waals surface area (Å²) in [5.41, 5.74) is 4.40. The van der Waals surface area contributed by atoms with E-state index in [1.165, 1.54) is 0 Å². The Morgan fingerprint density at radius 2 is 1.93 bits per heavy atom. The van der Waals surface area contributed by atoms with Crippen molar-refractivity contribution in [2.75, 3.05) is 6.61 Å². The molecule has 3 rings (SSSR count). The quantitative estimate of drug-likeness (QED) is 0.707. The Labute approximate surface area is 160 Å². The van der Waals surface area contributed by atoms with Gasteiger partial charge in [-0.05, 0) is 45.9 Å². The fourth-order valence-electron chi connectivity index (χ4n) is 3.11. The molecule has 5 heteroatoms. The summed E-state index contributed by atoms with van der Waals surface area (Å²) in [6.07, 6.45) is 1.62. The molecule has 0 saturated carbocycles. The number of rotatable bonds is 6. The molecule has 1 heterocycles. The van der Waals surface area contributed by atoms with Gasteiger partial charge in [-0.3, -0.25) is 4.79 Å². The standard InChI is InChI=1S/C22H25N3O2/c1-5-27-21-12-11-15(2)13-19(21)16(3)24-22(26)20-14-23-25(17(20)4)18-9-7-6-8-10-18/h6-14,16H,5H2,1-4H3,(H,24,26). The van der Waals surface area contributed by atoms with Crippen molar-refractivity contribution in [3.63, 3.8) is 0 Å². The number of para-hydroxylation sites is 1. The number of nitrogens with one attached hydrogen (secondary N) is 1. The summed E-state index contributed by atoms with van der Waals surface area (Å²) in [5.74, 6) is 0.652. The lowest BCUT2D eigenvalue weighted by molar-refractivity contribution is 0.0938. The predicted molar refractivity (Wildman–Crippen MR) is 107 cm³/mol. The summed E-state index contributed by atoms with van der Waals surface area (Å²) in [6.45, 7) is 8.43. The van der Waals surface area contributed by atoms with Crippen molar-refractivity contribution in [3.8, 4) is 11.4 Å². The first-order valence-corrected chi connectivity index (χ1v) is 9.15. The molecule has 0 aliphatic heterocycles. The minimum absolute atomic E-state index is 0.147. The summed E-state index contributed by atoms with van der Waals surface area (Å²) < 4.78 is 7.49. The molecule has 0 fully saturated rings. The van der Waals surface area contributed by atoms with E-state index in [9.17, 15) is 4.79 Å². The first kappa shape index (κ1) is 18.7. The van der Waals surface area contributed by atoms with Crippen LogP contribution in [0, 0.1) is 13.8 Å². The third-order valence-corrected chi connectivity index (χ3v) is 4.53. The van der Waals surface area contributed by atoms with E-state index in [1.54, 1.807) is 10.9 Å². The van der Waals surface area contributed by atoms with Gasteiger partial charge in [0.25, 0.3) is 5.91 Å². The van der Waals surface area contributed by atoms with Crippen molar-refractivity contribution < 1.29 is 9.53 Å². The highest BCUT2D eigenvalue weighted by Gasteiger charge is 2.19. The van der Waals surface area contributed by atoms with Crippen LogP contribution < -0.4 is 10.1 Å². The molecule has 1 N–H and O–H groups in total. The van der Waals surface area contributed by atoms with Crippen LogP contribution in [0.3, 0.4) is 0 Å². The number of carbonyl (C=O) groups is 1. The monoisotopic (exact) mass is 363 g/mol. The number of ether oxygens (including phenoxy) is 1. The number of aryl methyl sites for hydroxylation is 1. The van der Waals surface area contributed by atoms with Gasteiger partial charge in [0, 0.05) is 5.56 Å². The molecule has 0 spiro atoms.